The van der Waals surface area contributed by atoms with Crippen LogP contribution in [0.5, 0.6) is 11.5 Å². The Labute approximate surface area is 142 Å². The Morgan fingerprint density at radius 1 is 1.29 bits per heavy atom. The van der Waals surface area contributed by atoms with Gasteiger partial charge in [0.15, 0.2) is 0 Å². The summed E-state index contributed by atoms with van der Waals surface area (Å²) >= 11 is 0. The molecule has 0 saturated heterocycles. The Hall–Kier alpha value is -1.75. The molecule has 1 unspecified atom stereocenters. The third-order valence-corrected chi connectivity index (χ3v) is 5.84. The number of rotatable bonds is 2. The van der Waals surface area contributed by atoms with Crippen LogP contribution in [0.1, 0.15) is 64.0 Å². The van der Waals surface area contributed by atoms with E-state index in [2.05, 4.69) is 0 Å². The Morgan fingerprint density at radius 2 is 1.96 bits per heavy atom. The van der Waals surface area contributed by atoms with E-state index in [0.29, 0.717) is 23.3 Å². The molecular formula is C19H26O5. The van der Waals surface area contributed by atoms with Crippen molar-refractivity contribution < 1.29 is 24.9 Å². The maximum absolute atomic E-state index is 11.5. The van der Waals surface area contributed by atoms with Gasteiger partial charge in [0, 0.05) is 17.4 Å². The normalized spacial score (nSPS) is 28.5. The number of carbonyl (C=O) groups is 1. The van der Waals surface area contributed by atoms with Crippen LogP contribution >= 0.6 is 0 Å². The Morgan fingerprint density at radius 3 is 2.58 bits per heavy atom. The molecule has 3 N–H and O–H groups in total. The molecule has 24 heavy (non-hydrogen) atoms. The quantitative estimate of drug-likeness (QED) is 0.773. The van der Waals surface area contributed by atoms with E-state index in [1.165, 1.54) is 6.07 Å². The molecule has 132 valence electrons. The summed E-state index contributed by atoms with van der Waals surface area (Å²) in [6, 6.07) is 3.27. The highest BCUT2D eigenvalue weighted by molar-refractivity contribution is 5.81. The summed E-state index contributed by atoms with van der Waals surface area (Å²) in [4.78, 5) is 11.5. The van der Waals surface area contributed by atoms with Crippen LogP contribution in [0, 0.1) is 5.92 Å². The van der Waals surface area contributed by atoms with E-state index in [9.17, 15) is 20.1 Å². The first-order chi connectivity index (χ1) is 11.0. The van der Waals surface area contributed by atoms with E-state index in [1.807, 2.05) is 13.8 Å². The van der Waals surface area contributed by atoms with E-state index in [0.717, 1.165) is 12.8 Å². The summed E-state index contributed by atoms with van der Waals surface area (Å²) in [6.45, 7) is 7.27. The fourth-order valence-electron chi connectivity index (χ4n) is 4.21. The summed E-state index contributed by atoms with van der Waals surface area (Å²) in [5.41, 5.74) is -0.320. The molecule has 0 aromatic heterocycles. The number of aromatic hydroxyl groups is 1. The van der Waals surface area contributed by atoms with Gasteiger partial charge in [-0.3, -0.25) is 4.79 Å². The van der Waals surface area contributed by atoms with Crippen LogP contribution in [0.2, 0.25) is 0 Å². The highest BCUT2D eigenvalue weighted by atomic mass is 16.5. The van der Waals surface area contributed by atoms with Gasteiger partial charge in [-0.1, -0.05) is 0 Å². The first-order valence-corrected chi connectivity index (χ1v) is 8.52. The monoisotopic (exact) mass is 334 g/mol. The van der Waals surface area contributed by atoms with Crippen LogP contribution in [0.4, 0.5) is 0 Å². The number of phenols is 1. The summed E-state index contributed by atoms with van der Waals surface area (Å²) < 4.78 is 6.19. The van der Waals surface area contributed by atoms with Crippen LogP contribution in [-0.2, 0) is 10.2 Å². The predicted octanol–water partition coefficient (Wildman–Crippen LogP) is 3.17. The molecule has 0 radical (unpaired) electrons. The Balaban J connectivity index is 2.13. The zero-order valence-corrected chi connectivity index (χ0v) is 14.7. The molecule has 0 bridgehead atoms. The maximum Gasteiger partial charge on any atom is 0.313 e. The molecular weight excluding hydrogens is 308 g/mol. The highest BCUT2D eigenvalue weighted by Gasteiger charge is 2.48. The molecule has 5 nitrogen and oxygen atoms in total. The number of phenolic OH excluding ortho intramolecular Hbond substituents is 1. The van der Waals surface area contributed by atoms with Crippen LogP contribution in [0.25, 0.3) is 0 Å². The molecule has 3 atom stereocenters. The molecule has 1 heterocycles. The number of carboxylic acids is 1. The van der Waals surface area contributed by atoms with E-state index in [4.69, 9.17) is 4.74 Å². The number of hydrogen-bond donors (Lipinski definition) is 3. The lowest BCUT2D eigenvalue weighted by atomic mass is 9.65. The van der Waals surface area contributed by atoms with Crippen molar-refractivity contribution in [1.82, 2.24) is 0 Å². The topological polar surface area (TPSA) is 87.0 Å². The third kappa shape index (κ3) is 2.55. The number of aliphatic hydroxyl groups excluding tert-OH is 1. The number of fused-ring (bicyclic) bond motifs is 3. The molecule has 2 aliphatic rings. The van der Waals surface area contributed by atoms with E-state index < -0.39 is 17.0 Å². The van der Waals surface area contributed by atoms with Gasteiger partial charge in [-0.25, -0.2) is 0 Å². The molecule has 0 amide bonds. The lowest BCUT2D eigenvalue weighted by Gasteiger charge is -2.48. The summed E-state index contributed by atoms with van der Waals surface area (Å²) in [6.07, 6.45) is 1.82. The molecule has 1 aliphatic heterocycles. The van der Waals surface area contributed by atoms with E-state index in [1.54, 1.807) is 19.9 Å². The predicted molar refractivity (Wildman–Crippen MR) is 89.6 cm³/mol. The minimum atomic E-state index is -1.12. The Kier molecular flexibility index (Phi) is 3.83. The van der Waals surface area contributed by atoms with Crippen LogP contribution < -0.4 is 4.74 Å². The van der Waals surface area contributed by atoms with Crippen molar-refractivity contribution in [3.8, 4) is 11.5 Å². The van der Waals surface area contributed by atoms with Gasteiger partial charge in [-0.05, 0) is 64.7 Å². The van der Waals surface area contributed by atoms with Gasteiger partial charge >= 0.3 is 5.97 Å². The second-order valence-corrected chi connectivity index (χ2v) is 8.22. The third-order valence-electron chi connectivity index (χ3n) is 5.84. The number of benzene rings is 1. The maximum atomic E-state index is 11.5. The minimum Gasteiger partial charge on any atom is -0.508 e. The fourth-order valence-corrected chi connectivity index (χ4v) is 4.21. The number of aliphatic hydroxyl groups is 1. The molecule has 5 heteroatoms. The second-order valence-electron chi connectivity index (χ2n) is 8.22. The number of hydrogen-bond acceptors (Lipinski definition) is 4. The van der Waals surface area contributed by atoms with Crippen LogP contribution in [0.15, 0.2) is 12.1 Å². The van der Waals surface area contributed by atoms with Crippen LogP contribution in [-0.4, -0.2) is 33.0 Å². The van der Waals surface area contributed by atoms with Gasteiger partial charge < -0.3 is 20.1 Å². The van der Waals surface area contributed by atoms with E-state index in [-0.39, 0.29) is 23.7 Å². The first kappa shape index (κ1) is 17.1. The van der Waals surface area contributed by atoms with Gasteiger partial charge in [0.1, 0.15) is 17.1 Å². The van der Waals surface area contributed by atoms with E-state index >= 15 is 0 Å². The van der Waals surface area contributed by atoms with Crippen molar-refractivity contribution in [1.29, 1.82) is 0 Å². The van der Waals surface area contributed by atoms with Gasteiger partial charge in [0.05, 0.1) is 11.5 Å². The molecule has 0 spiro atoms. The van der Waals surface area contributed by atoms with Crippen molar-refractivity contribution >= 4 is 5.97 Å². The smallest absolute Gasteiger partial charge is 0.313 e. The van der Waals surface area contributed by atoms with Crippen molar-refractivity contribution in [3.63, 3.8) is 0 Å². The second kappa shape index (κ2) is 5.38. The van der Waals surface area contributed by atoms with Crippen molar-refractivity contribution in [2.75, 3.05) is 0 Å². The number of ether oxygens (including phenoxy) is 1. The first-order valence-electron chi connectivity index (χ1n) is 8.52. The van der Waals surface area contributed by atoms with Crippen molar-refractivity contribution in [2.24, 2.45) is 5.92 Å². The van der Waals surface area contributed by atoms with Gasteiger partial charge in [0.25, 0.3) is 0 Å². The summed E-state index contributed by atoms with van der Waals surface area (Å²) in [5.74, 6) is -0.105. The summed E-state index contributed by atoms with van der Waals surface area (Å²) in [7, 11) is 0. The molecule has 1 fully saturated rings. The number of aliphatic carboxylic acids is 1. The molecule has 3 rings (SSSR count). The standard InChI is InChI=1S/C19H26O5/c1-18(2,17(22)23)10-7-14(21)16-12-9-11(20)5-6-13(12)19(3,4)24-15(16)8-10/h7-8,11-13,20-21H,5-6,9H2,1-4H3,(H,22,23)/t11-,12-,13?/m1/s1. The largest absolute Gasteiger partial charge is 0.508 e. The van der Waals surface area contributed by atoms with Crippen LogP contribution in [0.3, 0.4) is 0 Å². The zero-order valence-electron chi connectivity index (χ0n) is 14.7. The average Bonchev–Trinajstić information content (AvgIpc) is 2.45. The van der Waals surface area contributed by atoms with Crippen molar-refractivity contribution in [2.45, 2.75) is 70.0 Å². The molecule has 1 aromatic carbocycles. The average molecular weight is 334 g/mol. The lowest BCUT2D eigenvalue weighted by molar-refractivity contribution is -0.142. The lowest BCUT2D eigenvalue weighted by Crippen LogP contribution is -2.47. The zero-order chi connectivity index (χ0) is 17.9. The minimum absolute atomic E-state index is 0.0227. The molecule has 1 aromatic rings. The van der Waals surface area contributed by atoms with Gasteiger partial charge in [-0.15, -0.1) is 0 Å². The van der Waals surface area contributed by atoms with Gasteiger partial charge in [0.2, 0.25) is 0 Å². The molecule has 1 saturated carbocycles. The SMILES string of the molecule is CC(C)(C(=O)O)c1cc(O)c2c(c1)OC(C)(C)C1CC[C@@H](O)C[C@@H]21. The summed E-state index contributed by atoms with van der Waals surface area (Å²) in [5, 5.41) is 30.2. The molecule has 1 aliphatic carbocycles. The fraction of sp³-hybridized carbons (Fsp3) is 0.632. The highest BCUT2D eigenvalue weighted by Crippen LogP contribution is 2.54. The Bertz CT molecular complexity index is 677. The van der Waals surface area contributed by atoms with Gasteiger partial charge in [-0.2, -0.15) is 0 Å². The van der Waals surface area contributed by atoms with Crippen molar-refractivity contribution in [3.05, 3.63) is 23.3 Å². The number of carboxylic acid groups (broad SMARTS) is 1.